The predicted octanol–water partition coefficient (Wildman–Crippen LogP) is 3.20. The van der Waals surface area contributed by atoms with Crippen LogP contribution in [0.4, 0.5) is 11.4 Å². The third kappa shape index (κ3) is 6.27. The van der Waals surface area contributed by atoms with E-state index in [1.807, 2.05) is 0 Å². The summed E-state index contributed by atoms with van der Waals surface area (Å²) in [6, 6.07) is 17.6. The molecule has 3 aromatic rings. The Balaban J connectivity index is 1.54. The van der Waals surface area contributed by atoms with Gasteiger partial charge in [0.2, 0.25) is 15.9 Å². The maximum absolute atomic E-state index is 13.5. The van der Waals surface area contributed by atoms with Crippen LogP contribution in [0.25, 0.3) is 0 Å². The lowest BCUT2D eigenvalue weighted by Crippen LogP contribution is -2.40. The molecule has 1 heterocycles. The highest BCUT2D eigenvalue weighted by molar-refractivity contribution is 7.92. The summed E-state index contributed by atoms with van der Waals surface area (Å²) in [6.45, 7) is 0.639. The average molecular weight is 580 g/mol. The summed E-state index contributed by atoms with van der Waals surface area (Å²) in [7, 11) is -6.38. The molecule has 1 aliphatic heterocycles. The van der Waals surface area contributed by atoms with Crippen molar-refractivity contribution in [2.24, 2.45) is 0 Å². The molecule has 1 aliphatic rings. The standard InChI is InChI=1S/C25H26ClN3O7S2/c1-35-22-7-11-24(12-8-22)38(33,34)29(21-4-2-3-19(26)17-21)18-25(30)27-20-5-9-23(10-6-20)37(31,32)28-13-15-36-16-14-28/h2-12,17H,13-16,18H2,1H3,(H,27,30). The van der Waals surface area contributed by atoms with Crippen LogP contribution in [-0.4, -0.2) is 67.0 Å². The quantitative estimate of drug-likeness (QED) is 0.413. The molecule has 0 aliphatic carbocycles. The number of halogens is 1. The molecule has 10 nitrogen and oxygen atoms in total. The van der Waals surface area contributed by atoms with Crippen molar-refractivity contribution in [3.05, 3.63) is 77.8 Å². The van der Waals surface area contributed by atoms with Gasteiger partial charge in [-0.25, -0.2) is 16.8 Å². The molecule has 4 rings (SSSR count). The maximum atomic E-state index is 13.5. The van der Waals surface area contributed by atoms with Crippen molar-refractivity contribution in [3.8, 4) is 5.75 Å². The molecular formula is C25H26ClN3O7S2. The van der Waals surface area contributed by atoms with E-state index in [2.05, 4.69) is 5.32 Å². The molecule has 1 amide bonds. The van der Waals surface area contributed by atoms with Crippen LogP contribution in [0.5, 0.6) is 5.75 Å². The van der Waals surface area contributed by atoms with Gasteiger partial charge in [-0.2, -0.15) is 4.31 Å². The largest absolute Gasteiger partial charge is 0.497 e. The summed E-state index contributed by atoms with van der Waals surface area (Å²) in [5.74, 6) is -0.152. The van der Waals surface area contributed by atoms with Crippen molar-refractivity contribution in [1.82, 2.24) is 4.31 Å². The lowest BCUT2D eigenvalue weighted by Gasteiger charge is -2.26. The van der Waals surface area contributed by atoms with Crippen LogP contribution in [0.3, 0.4) is 0 Å². The molecule has 0 aromatic heterocycles. The zero-order valence-electron chi connectivity index (χ0n) is 20.4. The second-order valence-corrected chi connectivity index (χ2v) is 12.5. The van der Waals surface area contributed by atoms with Crippen LogP contribution in [0, 0.1) is 0 Å². The number of carbonyl (C=O) groups excluding carboxylic acids is 1. The minimum atomic E-state index is -4.16. The van der Waals surface area contributed by atoms with E-state index in [0.717, 1.165) is 4.31 Å². The van der Waals surface area contributed by atoms with E-state index >= 15 is 0 Å². The van der Waals surface area contributed by atoms with Gasteiger partial charge in [-0.05, 0) is 66.7 Å². The van der Waals surface area contributed by atoms with E-state index in [9.17, 15) is 21.6 Å². The smallest absolute Gasteiger partial charge is 0.264 e. The number of ether oxygens (including phenoxy) is 2. The Kier molecular flexibility index (Phi) is 8.58. The van der Waals surface area contributed by atoms with Crippen molar-refractivity contribution in [2.75, 3.05) is 49.6 Å². The molecule has 38 heavy (non-hydrogen) atoms. The van der Waals surface area contributed by atoms with Crippen LogP contribution in [-0.2, 0) is 29.6 Å². The summed E-state index contributed by atoms with van der Waals surface area (Å²) < 4.78 is 65.3. The van der Waals surface area contributed by atoms with Gasteiger partial charge in [0.25, 0.3) is 10.0 Å². The molecule has 1 saturated heterocycles. The van der Waals surface area contributed by atoms with E-state index in [4.69, 9.17) is 21.1 Å². The fourth-order valence-electron chi connectivity index (χ4n) is 3.80. The summed E-state index contributed by atoms with van der Waals surface area (Å²) in [5.41, 5.74) is 0.513. The third-order valence-corrected chi connectivity index (χ3v) is 9.71. The zero-order chi connectivity index (χ0) is 27.3. The van der Waals surface area contributed by atoms with Crippen LogP contribution in [0.1, 0.15) is 0 Å². The van der Waals surface area contributed by atoms with Gasteiger partial charge in [-0.15, -0.1) is 0 Å². The first-order valence-corrected chi connectivity index (χ1v) is 14.8. The maximum Gasteiger partial charge on any atom is 0.264 e. The molecule has 1 fully saturated rings. The van der Waals surface area contributed by atoms with Crippen molar-refractivity contribution in [3.63, 3.8) is 0 Å². The minimum absolute atomic E-state index is 0.0382. The molecule has 13 heteroatoms. The summed E-state index contributed by atoms with van der Waals surface area (Å²) in [6.07, 6.45) is 0. The summed E-state index contributed by atoms with van der Waals surface area (Å²) in [5, 5.41) is 2.93. The lowest BCUT2D eigenvalue weighted by molar-refractivity contribution is -0.114. The van der Waals surface area contributed by atoms with E-state index in [-0.39, 0.29) is 28.6 Å². The average Bonchev–Trinajstić information content (AvgIpc) is 2.92. The number of rotatable bonds is 9. The summed E-state index contributed by atoms with van der Waals surface area (Å²) >= 11 is 6.10. The Hall–Kier alpha value is -3.16. The number of hydrogen-bond donors (Lipinski definition) is 1. The van der Waals surface area contributed by atoms with Crippen LogP contribution in [0.15, 0.2) is 82.6 Å². The van der Waals surface area contributed by atoms with Gasteiger partial charge in [-0.3, -0.25) is 9.10 Å². The molecule has 1 N–H and O–H groups in total. The molecule has 0 spiro atoms. The molecule has 0 radical (unpaired) electrons. The Morgan fingerprint density at radius 1 is 0.974 bits per heavy atom. The highest BCUT2D eigenvalue weighted by atomic mass is 35.5. The molecule has 0 unspecified atom stereocenters. The van der Waals surface area contributed by atoms with Gasteiger partial charge in [-0.1, -0.05) is 17.7 Å². The second-order valence-electron chi connectivity index (χ2n) is 8.26. The number of methoxy groups -OCH3 is 1. The number of sulfonamides is 2. The number of amides is 1. The first-order valence-electron chi connectivity index (χ1n) is 11.5. The van der Waals surface area contributed by atoms with E-state index in [1.165, 1.54) is 72.1 Å². The van der Waals surface area contributed by atoms with Gasteiger partial charge in [0, 0.05) is 23.8 Å². The van der Waals surface area contributed by atoms with Crippen LogP contribution < -0.4 is 14.4 Å². The van der Waals surface area contributed by atoms with Crippen LogP contribution >= 0.6 is 11.6 Å². The first kappa shape index (κ1) is 27.9. The van der Waals surface area contributed by atoms with Gasteiger partial charge < -0.3 is 14.8 Å². The van der Waals surface area contributed by atoms with Crippen molar-refractivity contribution in [1.29, 1.82) is 0 Å². The zero-order valence-corrected chi connectivity index (χ0v) is 22.8. The fourth-order valence-corrected chi connectivity index (χ4v) is 6.80. The highest BCUT2D eigenvalue weighted by Crippen LogP contribution is 2.27. The second kappa shape index (κ2) is 11.7. The van der Waals surface area contributed by atoms with Gasteiger partial charge in [0.05, 0.1) is 35.8 Å². The number of benzene rings is 3. The van der Waals surface area contributed by atoms with E-state index in [1.54, 1.807) is 12.1 Å². The third-order valence-electron chi connectivity index (χ3n) is 5.78. The molecule has 202 valence electrons. The Bertz CT molecular complexity index is 1490. The van der Waals surface area contributed by atoms with E-state index < -0.39 is 32.5 Å². The monoisotopic (exact) mass is 579 g/mol. The van der Waals surface area contributed by atoms with Crippen molar-refractivity contribution >= 4 is 48.9 Å². The van der Waals surface area contributed by atoms with Gasteiger partial charge >= 0.3 is 0 Å². The SMILES string of the molecule is COc1ccc(S(=O)(=O)N(CC(=O)Nc2ccc(S(=O)(=O)N3CCOCC3)cc2)c2cccc(Cl)c2)cc1. The van der Waals surface area contributed by atoms with Crippen molar-refractivity contribution in [2.45, 2.75) is 9.79 Å². The van der Waals surface area contributed by atoms with Gasteiger partial charge in [0.1, 0.15) is 12.3 Å². The summed E-state index contributed by atoms with van der Waals surface area (Å²) in [4.78, 5) is 13.0. The number of anilines is 2. The Morgan fingerprint density at radius 3 is 2.21 bits per heavy atom. The highest BCUT2D eigenvalue weighted by Gasteiger charge is 2.28. The number of nitrogens with one attached hydrogen (secondary N) is 1. The first-order chi connectivity index (χ1) is 18.1. The molecule has 0 saturated carbocycles. The van der Waals surface area contributed by atoms with E-state index in [0.29, 0.717) is 29.7 Å². The normalized spacial score (nSPS) is 14.6. The molecule has 0 bridgehead atoms. The molecule has 0 atom stereocenters. The number of carbonyl (C=O) groups is 1. The predicted molar refractivity (Wildman–Crippen MR) is 144 cm³/mol. The van der Waals surface area contributed by atoms with Crippen molar-refractivity contribution < 1.29 is 31.1 Å². The van der Waals surface area contributed by atoms with Crippen LogP contribution in [0.2, 0.25) is 5.02 Å². The number of nitrogens with zero attached hydrogens (tertiary/aromatic N) is 2. The Labute approximate surface area is 226 Å². The van der Waals surface area contributed by atoms with Gasteiger partial charge in [0.15, 0.2) is 0 Å². The number of morpholine rings is 1. The molecule has 3 aromatic carbocycles. The topological polar surface area (TPSA) is 122 Å². The number of hydrogen-bond acceptors (Lipinski definition) is 7. The minimum Gasteiger partial charge on any atom is -0.497 e. The fraction of sp³-hybridized carbons (Fsp3) is 0.240. The molecular weight excluding hydrogens is 554 g/mol. The Morgan fingerprint density at radius 2 is 1.61 bits per heavy atom. The lowest BCUT2D eigenvalue weighted by atomic mass is 10.3.